The number of imidazole rings is 1. The molecule has 0 aliphatic rings. The molecule has 0 spiro atoms. The lowest BCUT2D eigenvalue weighted by molar-refractivity contribution is 0.628. The lowest BCUT2D eigenvalue weighted by Crippen LogP contribution is -1.90. The molecule has 3 heterocycles. The maximum absolute atomic E-state index is 13.3. The number of halogens is 1. The van der Waals surface area contributed by atoms with Crippen LogP contribution in [0.4, 0.5) is 4.39 Å². The molecular formula is C15H7FN4S2. The van der Waals surface area contributed by atoms with E-state index in [2.05, 4.69) is 16.2 Å². The molecule has 0 atom stereocenters. The summed E-state index contributed by atoms with van der Waals surface area (Å²) in [6.07, 6.45) is 0. The SMILES string of the molecule is N#Cc1c(-c2cccs2)nc2sc(-c3cccc(F)c3)nn12. The predicted molar refractivity (Wildman–Crippen MR) is 84.3 cm³/mol. The van der Waals surface area contributed by atoms with Crippen molar-refractivity contribution in [2.45, 2.75) is 0 Å². The molecule has 4 aromatic rings. The second-order valence-corrected chi connectivity index (χ2v) is 6.41. The van der Waals surface area contributed by atoms with Crippen LogP contribution in [0.2, 0.25) is 0 Å². The third-order valence-corrected chi connectivity index (χ3v) is 4.97. The summed E-state index contributed by atoms with van der Waals surface area (Å²) in [7, 11) is 0. The van der Waals surface area contributed by atoms with Gasteiger partial charge in [0, 0.05) is 5.56 Å². The highest BCUT2D eigenvalue weighted by molar-refractivity contribution is 7.20. The molecule has 4 nitrogen and oxygen atoms in total. The first-order valence-corrected chi connectivity index (χ1v) is 8.05. The Morgan fingerprint density at radius 3 is 2.86 bits per heavy atom. The van der Waals surface area contributed by atoms with E-state index in [1.54, 1.807) is 12.1 Å². The summed E-state index contributed by atoms with van der Waals surface area (Å²) in [5, 5.41) is 16.4. The second-order valence-electron chi connectivity index (χ2n) is 4.51. The number of hydrogen-bond acceptors (Lipinski definition) is 5. The molecule has 0 aliphatic carbocycles. The average molecular weight is 326 g/mol. The van der Waals surface area contributed by atoms with E-state index in [9.17, 15) is 9.65 Å². The molecule has 4 rings (SSSR count). The van der Waals surface area contributed by atoms with Crippen LogP contribution in [0.15, 0.2) is 41.8 Å². The van der Waals surface area contributed by atoms with E-state index in [0.29, 0.717) is 26.9 Å². The first-order chi connectivity index (χ1) is 10.8. The van der Waals surface area contributed by atoms with Crippen LogP contribution in [-0.4, -0.2) is 14.6 Å². The zero-order chi connectivity index (χ0) is 15.1. The molecule has 0 fully saturated rings. The number of nitriles is 1. The molecule has 0 amide bonds. The predicted octanol–water partition coefficient (Wildman–Crippen LogP) is 4.20. The van der Waals surface area contributed by atoms with Crippen molar-refractivity contribution >= 4 is 27.6 Å². The van der Waals surface area contributed by atoms with Crippen molar-refractivity contribution in [3.63, 3.8) is 0 Å². The maximum Gasteiger partial charge on any atom is 0.214 e. The average Bonchev–Trinajstić information content (AvgIpc) is 3.22. The van der Waals surface area contributed by atoms with E-state index in [1.807, 2.05) is 17.5 Å². The Morgan fingerprint density at radius 1 is 1.23 bits per heavy atom. The van der Waals surface area contributed by atoms with Crippen molar-refractivity contribution < 1.29 is 4.39 Å². The number of thiophene rings is 1. The molecule has 1 aromatic carbocycles. The number of rotatable bonds is 2. The zero-order valence-corrected chi connectivity index (χ0v) is 12.7. The minimum atomic E-state index is -0.315. The smallest absolute Gasteiger partial charge is 0.214 e. The van der Waals surface area contributed by atoms with Crippen LogP contribution in [0, 0.1) is 17.1 Å². The van der Waals surface area contributed by atoms with Gasteiger partial charge in [-0.3, -0.25) is 0 Å². The maximum atomic E-state index is 13.3. The van der Waals surface area contributed by atoms with Gasteiger partial charge >= 0.3 is 0 Å². The quantitative estimate of drug-likeness (QED) is 0.555. The first-order valence-electron chi connectivity index (χ1n) is 6.36. The van der Waals surface area contributed by atoms with Crippen LogP contribution in [0.3, 0.4) is 0 Å². The standard InChI is InChI=1S/C15H7FN4S2/c16-10-4-1-3-9(7-10)14-19-20-11(8-17)13(18-15(20)22-14)12-5-2-6-21-12/h1-7H. The zero-order valence-electron chi connectivity index (χ0n) is 11.0. The molecule has 3 aromatic heterocycles. The summed E-state index contributed by atoms with van der Waals surface area (Å²) in [5.41, 5.74) is 1.72. The van der Waals surface area contributed by atoms with Crippen molar-refractivity contribution in [2.75, 3.05) is 0 Å². The van der Waals surface area contributed by atoms with Crippen LogP contribution in [0.25, 0.3) is 26.1 Å². The van der Waals surface area contributed by atoms with Crippen LogP contribution >= 0.6 is 22.7 Å². The van der Waals surface area contributed by atoms with Gasteiger partial charge in [0.05, 0.1) is 4.88 Å². The van der Waals surface area contributed by atoms with Gasteiger partial charge in [0.25, 0.3) is 0 Å². The van der Waals surface area contributed by atoms with Gasteiger partial charge in [-0.25, -0.2) is 9.37 Å². The van der Waals surface area contributed by atoms with Gasteiger partial charge in [-0.15, -0.1) is 11.3 Å². The van der Waals surface area contributed by atoms with Crippen LogP contribution in [0.1, 0.15) is 5.69 Å². The Bertz CT molecular complexity index is 1010. The van der Waals surface area contributed by atoms with E-state index in [0.717, 1.165) is 4.88 Å². The van der Waals surface area contributed by atoms with E-state index >= 15 is 0 Å². The van der Waals surface area contributed by atoms with Crippen LogP contribution < -0.4 is 0 Å². The van der Waals surface area contributed by atoms with Crippen molar-refractivity contribution in [3.8, 4) is 27.2 Å². The van der Waals surface area contributed by atoms with E-state index in [-0.39, 0.29) is 5.82 Å². The molecule has 0 aliphatic heterocycles. The van der Waals surface area contributed by atoms with E-state index < -0.39 is 0 Å². The van der Waals surface area contributed by atoms with Gasteiger partial charge in [0.15, 0.2) is 5.69 Å². The molecule has 0 N–H and O–H groups in total. The molecule has 0 saturated carbocycles. The fraction of sp³-hybridized carbons (Fsp3) is 0. The van der Waals surface area contributed by atoms with Gasteiger partial charge in [0.2, 0.25) is 4.96 Å². The number of hydrogen-bond donors (Lipinski definition) is 0. The van der Waals surface area contributed by atoms with Crippen molar-refractivity contribution in [3.05, 3.63) is 53.3 Å². The normalized spacial score (nSPS) is 10.9. The Labute approximate surface area is 132 Å². The fourth-order valence-corrected chi connectivity index (χ4v) is 3.78. The molecule has 106 valence electrons. The highest BCUT2D eigenvalue weighted by Gasteiger charge is 2.19. The van der Waals surface area contributed by atoms with Crippen LogP contribution in [-0.2, 0) is 0 Å². The highest BCUT2D eigenvalue weighted by Crippen LogP contribution is 2.32. The minimum absolute atomic E-state index is 0.315. The Balaban J connectivity index is 1.90. The third kappa shape index (κ3) is 2.01. The summed E-state index contributed by atoms with van der Waals surface area (Å²) < 4.78 is 14.9. The van der Waals surface area contributed by atoms with E-state index in [1.165, 1.54) is 39.3 Å². The summed E-state index contributed by atoms with van der Waals surface area (Å²) in [6.45, 7) is 0. The largest absolute Gasteiger partial charge is 0.215 e. The van der Waals surface area contributed by atoms with Gasteiger partial charge < -0.3 is 0 Å². The Morgan fingerprint density at radius 2 is 2.14 bits per heavy atom. The fourth-order valence-electron chi connectivity index (χ4n) is 2.17. The van der Waals surface area contributed by atoms with Gasteiger partial charge in [-0.2, -0.15) is 14.9 Å². The Hall–Kier alpha value is -2.56. The topological polar surface area (TPSA) is 54.0 Å². The molecule has 0 saturated heterocycles. The molecular weight excluding hydrogens is 319 g/mol. The van der Waals surface area contributed by atoms with Crippen LogP contribution in [0.5, 0.6) is 0 Å². The summed E-state index contributed by atoms with van der Waals surface area (Å²) in [4.78, 5) is 6.06. The van der Waals surface area contributed by atoms with Crippen molar-refractivity contribution in [1.82, 2.24) is 14.6 Å². The van der Waals surface area contributed by atoms with E-state index in [4.69, 9.17) is 0 Å². The minimum Gasteiger partial charge on any atom is -0.215 e. The monoisotopic (exact) mass is 326 g/mol. The second kappa shape index (κ2) is 5.02. The molecule has 0 radical (unpaired) electrons. The van der Waals surface area contributed by atoms with Crippen molar-refractivity contribution in [2.24, 2.45) is 0 Å². The number of fused-ring (bicyclic) bond motifs is 1. The number of benzene rings is 1. The number of nitrogens with zero attached hydrogens (tertiary/aromatic N) is 4. The van der Waals surface area contributed by atoms with Gasteiger partial charge in [0.1, 0.15) is 22.6 Å². The highest BCUT2D eigenvalue weighted by atomic mass is 32.1. The lowest BCUT2D eigenvalue weighted by Gasteiger charge is -1.95. The summed E-state index contributed by atoms with van der Waals surface area (Å²) in [5.74, 6) is -0.315. The Kier molecular flexibility index (Phi) is 2.99. The lowest BCUT2D eigenvalue weighted by atomic mass is 10.2. The molecule has 0 unspecified atom stereocenters. The number of aromatic nitrogens is 3. The molecule has 7 heteroatoms. The summed E-state index contributed by atoms with van der Waals surface area (Å²) in [6, 6.07) is 12.2. The molecule has 22 heavy (non-hydrogen) atoms. The van der Waals surface area contributed by atoms with Crippen molar-refractivity contribution in [1.29, 1.82) is 5.26 Å². The summed E-state index contributed by atoms with van der Waals surface area (Å²) >= 11 is 2.86. The molecule has 0 bridgehead atoms. The van der Waals surface area contributed by atoms with Gasteiger partial charge in [-0.05, 0) is 23.6 Å². The van der Waals surface area contributed by atoms with Gasteiger partial charge in [-0.1, -0.05) is 29.5 Å². The third-order valence-electron chi connectivity index (χ3n) is 3.14. The first kappa shape index (κ1) is 13.1.